The molecule has 1 heterocycles. The Morgan fingerprint density at radius 2 is 2.14 bits per heavy atom. The van der Waals surface area contributed by atoms with Crippen molar-refractivity contribution < 1.29 is 9.66 Å². The number of halogens is 2. The van der Waals surface area contributed by atoms with Gasteiger partial charge in [-0.05, 0) is 11.6 Å². The number of nitro benzene ring substituents is 1. The number of benzene rings is 1. The van der Waals surface area contributed by atoms with Crippen molar-refractivity contribution in [3.8, 4) is 0 Å². The maximum atomic E-state index is 10.7. The lowest BCUT2D eigenvalue weighted by molar-refractivity contribution is -0.384. The topological polar surface area (TPSA) is 94.0 Å². The lowest BCUT2D eigenvalue weighted by atomic mass is 10.2. The van der Waals surface area contributed by atoms with Crippen molar-refractivity contribution in [2.75, 3.05) is 26.3 Å². The fourth-order valence-corrected chi connectivity index (χ4v) is 2.03. The molecular formula is C12H16ClIN4O3. The molecule has 21 heavy (non-hydrogen) atoms. The standard InChI is InChI=1S/C12H15ClN4O3.HI/c13-11-2-1-10(17(18)19)7-9(11)8-15-12(14)16-3-5-20-6-4-16;/h1-2,7H,3-6,8H2,(H2,14,15);1H. The molecule has 0 atom stereocenters. The summed E-state index contributed by atoms with van der Waals surface area (Å²) < 4.78 is 5.23. The summed E-state index contributed by atoms with van der Waals surface area (Å²) in [5.41, 5.74) is 6.46. The molecule has 2 rings (SSSR count). The van der Waals surface area contributed by atoms with E-state index in [2.05, 4.69) is 4.99 Å². The first-order valence-electron chi connectivity index (χ1n) is 6.13. The molecule has 0 aliphatic carbocycles. The van der Waals surface area contributed by atoms with Crippen molar-refractivity contribution in [3.63, 3.8) is 0 Å². The van der Waals surface area contributed by atoms with Crippen LogP contribution in [-0.2, 0) is 11.3 Å². The second kappa shape index (κ2) is 8.35. The van der Waals surface area contributed by atoms with E-state index in [0.29, 0.717) is 42.8 Å². The van der Waals surface area contributed by atoms with E-state index in [4.69, 9.17) is 22.1 Å². The molecular weight excluding hydrogens is 411 g/mol. The quantitative estimate of drug-likeness (QED) is 0.262. The average Bonchev–Trinajstić information content (AvgIpc) is 2.46. The summed E-state index contributed by atoms with van der Waals surface area (Å²) in [7, 11) is 0. The zero-order valence-electron chi connectivity index (χ0n) is 11.2. The van der Waals surface area contributed by atoms with Crippen LogP contribution in [0.25, 0.3) is 0 Å². The van der Waals surface area contributed by atoms with E-state index in [-0.39, 0.29) is 36.2 Å². The van der Waals surface area contributed by atoms with E-state index >= 15 is 0 Å². The highest BCUT2D eigenvalue weighted by Crippen LogP contribution is 2.22. The van der Waals surface area contributed by atoms with Gasteiger partial charge in [0.2, 0.25) is 0 Å². The van der Waals surface area contributed by atoms with E-state index in [1.54, 1.807) is 0 Å². The molecule has 1 aliphatic heterocycles. The van der Waals surface area contributed by atoms with Gasteiger partial charge in [0.05, 0.1) is 24.7 Å². The van der Waals surface area contributed by atoms with E-state index < -0.39 is 4.92 Å². The minimum Gasteiger partial charge on any atom is -0.378 e. The summed E-state index contributed by atoms with van der Waals surface area (Å²) in [5.74, 6) is 0.399. The van der Waals surface area contributed by atoms with E-state index in [1.165, 1.54) is 18.2 Å². The van der Waals surface area contributed by atoms with Gasteiger partial charge in [0, 0.05) is 30.2 Å². The Bertz CT molecular complexity index is 535. The largest absolute Gasteiger partial charge is 0.378 e. The highest BCUT2D eigenvalue weighted by atomic mass is 127. The number of non-ortho nitro benzene ring substituents is 1. The van der Waals surface area contributed by atoms with Crippen molar-refractivity contribution in [1.82, 2.24) is 4.90 Å². The first-order chi connectivity index (χ1) is 9.58. The van der Waals surface area contributed by atoms with Gasteiger partial charge in [0.25, 0.3) is 5.69 Å². The van der Waals surface area contributed by atoms with Gasteiger partial charge in [-0.25, -0.2) is 4.99 Å². The summed E-state index contributed by atoms with van der Waals surface area (Å²) in [6.45, 7) is 2.83. The number of nitro groups is 1. The minimum atomic E-state index is -0.463. The number of hydrogen-bond donors (Lipinski definition) is 1. The molecule has 2 N–H and O–H groups in total. The molecule has 1 aromatic rings. The zero-order valence-corrected chi connectivity index (χ0v) is 14.3. The first kappa shape index (κ1) is 17.9. The third-order valence-electron chi connectivity index (χ3n) is 2.99. The number of rotatable bonds is 3. The number of guanidine groups is 1. The average molecular weight is 427 g/mol. The molecule has 0 bridgehead atoms. The molecule has 0 unspecified atom stereocenters. The molecule has 1 saturated heterocycles. The Labute approximate surface area is 144 Å². The number of ether oxygens (including phenoxy) is 1. The van der Waals surface area contributed by atoms with Crippen LogP contribution in [0.1, 0.15) is 5.56 Å². The summed E-state index contributed by atoms with van der Waals surface area (Å²) in [6, 6.07) is 4.27. The Hall–Kier alpha value is -1.13. The fraction of sp³-hybridized carbons (Fsp3) is 0.417. The molecule has 1 aliphatic rings. The Morgan fingerprint density at radius 1 is 1.48 bits per heavy atom. The summed E-state index contributed by atoms with van der Waals surface area (Å²) in [4.78, 5) is 16.4. The van der Waals surface area contributed by atoms with Crippen molar-refractivity contribution in [1.29, 1.82) is 0 Å². The smallest absolute Gasteiger partial charge is 0.269 e. The van der Waals surface area contributed by atoms with Crippen LogP contribution >= 0.6 is 35.6 Å². The van der Waals surface area contributed by atoms with Gasteiger partial charge in [-0.2, -0.15) is 0 Å². The third kappa shape index (κ3) is 4.97. The predicted molar refractivity (Wildman–Crippen MR) is 91.2 cm³/mol. The molecule has 0 spiro atoms. The number of hydrogen-bond acceptors (Lipinski definition) is 4. The Kier molecular flexibility index (Phi) is 7.12. The van der Waals surface area contributed by atoms with Crippen LogP contribution < -0.4 is 5.73 Å². The highest BCUT2D eigenvalue weighted by Gasteiger charge is 2.13. The van der Waals surface area contributed by atoms with Crippen molar-refractivity contribution in [3.05, 3.63) is 38.9 Å². The number of morpholine rings is 1. The number of aliphatic imine (C=N–C) groups is 1. The Morgan fingerprint density at radius 3 is 2.76 bits per heavy atom. The van der Waals surface area contributed by atoms with Crippen LogP contribution in [0.2, 0.25) is 5.02 Å². The summed E-state index contributed by atoms with van der Waals surface area (Å²) >= 11 is 6.00. The molecule has 0 amide bonds. The van der Waals surface area contributed by atoms with Gasteiger partial charge >= 0.3 is 0 Å². The SMILES string of the molecule is I.NC(=NCc1cc([N+](=O)[O-])ccc1Cl)N1CCOCC1. The van der Waals surface area contributed by atoms with Crippen molar-refractivity contribution in [2.24, 2.45) is 10.7 Å². The maximum Gasteiger partial charge on any atom is 0.269 e. The number of nitrogens with zero attached hydrogens (tertiary/aromatic N) is 3. The third-order valence-corrected chi connectivity index (χ3v) is 3.36. The maximum absolute atomic E-state index is 10.7. The molecule has 116 valence electrons. The first-order valence-corrected chi connectivity index (χ1v) is 6.51. The monoisotopic (exact) mass is 426 g/mol. The van der Waals surface area contributed by atoms with Crippen LogP contribution in [0, 0.1) is 10.1 Å². The summed E-state index contributed by atoms with van der Waals surface area (Å²) in [5, 5.41) is 11.2. The van der Waals surface area contributed by atoms with Crippen LogP contribution in [0.4, 0.5) is 5.69 Å². The van der Waals surface area contributed by atoms with Crippen LogP contribution in [0.5, 0.6) is 0 Å². The predicted octanol–water partition coefficient (Wildman–Crippen LogP) is 2.01. The Balaban J connectivity index is 0.00000220. The number of nitrogens with two attached hydrogens (primary N) is 1. The summed E-state index contributed by atoms with van der Waals surface area (Å²) in [6.07, 6.45) is 0. The van der Waals surface area contributed by atoms with Crippen LogP contribution in [-0.4, -0.2) is 42.1 Å². The van der Waals surface area contributed by atoms with Gasteiger partial charge in [-0.1, -0.05) is 11.6 Å². The van der Waals surface area contributed by atoms with Crippen LogP contribution in [0.3, 0.4) is 0 Å². The van der Waals surface area contributed by atoms with Crippen molar-refractivity contribution in [2.45, 2.75) is 6.54 Å². The van der Waals surface area contributed by atoms with E-state index in [1.807, 2.05) is 4.90 Å². The molecule has 0 aromatic heterocycles. The molecule has 1 fully saturated rings. The molecule has 0 radical (unpaired) electrons. The van der Waals surface area contributed by atoms with Gasteiger partial charge < -0.3 is 15.4 Å². The lowest BCUT2D eigenvalue weighted by Gasteiger charge is -2.27. The molecule has 9 heteroatoms. The second-order valence-electron chi connectivity index (χ2n) is 4.31. The molecule has 0 saturated carbocycles. The molecule has 7 nitrogen and oxygen atoms in total. The fourth-order valence-electron chi connectivity index (χ4n) is 1.85. The highest BCUT2D eigenvalue weighted by molar-refractivity contribution is 14.0. The molecule has 1 aromatic carbocycles. The van der Waals surface area contributed by atoms with E-state index in [9.17, 15) is 10.1 Å². The second-order valence-corrected chi connectivity index (χ2v) is 4.71. The van der Waals surface area contributed by atoms with Gasteiger partial charge in [-0.15, -0.1) is 24.0 Å². The lowest BCUT2D eigenvalue weighted by Crippen LogP contribution is -2.44. The van der Waals surface area contributed by atoms with E-state index in [0.717, 1.165) is 0 Å². The minimum absolute atomic E-state index is 0. The normalized spacial score (nSPS) is 15.5. The van der Waals surface area contributed by atoms with Gasteiger partial charge in [-0.3, -0.25) is 10.1 Å². The zero-order chi connectivity index (χ0) is 14.5. The van der Waals surface area contributed by atoms with Gasteiger partial charge in [0.1, 0.15) is 0 Å². The van der Waals surface area contributed by atoms with Crippen LogP contribution in [0.15, 0.2) is 23.2 Å². The van der Waals surface area contributed by atoms with Crippen molar-refractivity contribution >= 4 is 47.2 Å². The van der Waals surface area contributed by atoms with Gasteiger partial charge in [0.15, 0.2) is 5.96 Å².